The second-order valence-electron chi connectivity index (χ2n) is 6.64. The van der Waals surface area contributed by atoms with E-state index in [1.54, 1.807) is 52.6 Å². The molecule has 0 bridgehead atoms. The molecule has 0 unspecified atom stereocenters. The molecule has 7 heteroatoms. The van der Waals surface area contributed by atoms with Gasteiger partial charge in [0.2, 0.25) is 0 Å². The second kappa shape index (κ2) is 7.41. The highest BCUT2D eigenvalue weighted by atomic mass is 32.2. The first-order chi connectivity index (χ1) is 13.5. The number of hydrogen-bond acceptors (Lipinski definition) is 5. The van der Waals surface area contributed by atoms with Gasteiger partial charge in [0.05, 0.1) is 12.0 Å². The maximum Gasteiger partial charge on any atom is 0.253 e. The molecule has 0 spiro atoms. The molecule has 0 atom stereocenters. The number of rotatable bonds is 5. The molecule has 1 amide bonds. The Balaban J connectivity index is 1.42. The Kier molecular flexibility index (Phi) is 4.95. The van der Waals surface area contributed by atoms with E-state index in [0.717, 1.165) is 11.1 Å². The molecule has 0 saturated carbocycles. The number of methoxy groups -OCH3 is 1. The third-order valence-electron chi connectivity index (χ3n) is 4.95. The fraction of sp³-hybridized carbons (Fsp3) is 0.190. The smallest absolute Gasteiger partial charge is 0.253 e. The lowest BCUT2D eigenvalue weighted by Crippen LogP contribution is -2.56. The zero-order valence-corrected chi connectivity index (χ0v) is 16.9. The van der Waals surface area contributed by atoms with Gasteiger partial charge in [-0.25, -0.2) is 8.42 Å². The topological polar surface area (TPSA) is 63.7 Å². The Hall–Kier alpha value is -2.64. The fourth-order valence-electron chi connectivity index (χ4n) is 3.17. The van der Waals surface area contributed by atoms with Crippen molar-refractivity contribution >= 4 is 27.1 Å². The number of likely N-dealkylation sites (tertiary alicyclic amines) is 1. The predicted octanol–water partition coefficient (Wildman–Crippen LogP) is 3.72. The Morgan fingerprint density at radius 1 is 1.00 bits per heavy atom. The Morgan fingerprint density at radius 2 is 1.68 bits per heavy atom. The third-order valence-corrected chi connectivity index (χ3v) is 7.74. The minimum atomic E-state index is -3.46. The van der Waals surface area contributed by atoms with Crippen LogP contribution in [0.25, 0.3) is 11.1 Å². The summed E-state index contributed by atoms with van der Waals surface area (Å²) in [6.07, 6.45) is 0. The molecule has 3 aromatic rings. The molecule has 1 fully saturated rings. The zero-order chi connectivity index (χ0) is 19.7. The molecule has 1 aliphatic rings. The Labute approximate surface area is 168 Å². The second-order valence-corrected chi connectivity index (χ2v) is 9.65. The van der Waals surface area contributed by atoms with Crippen molar-refractivity contribution in [3.8, 4) is 16.9 Å². The summed E-state index contributed by atoms with van der Waals surface area (Å²) in [5, 5.41) is 3.49. The van der Waals surface area contributed by atoms with Crippen LogP contribution in [0.4, 0.5) is 0 Å². The summed E-state index contributed by atoms with van der Waals surface area (Å²) in [6, 6.07) is 15.8. The standard InChI is InChI=1S/C21H19NO4S2/c1-26-18-6-8-19(9-7-18)28(24,25)20-12-22(13-20)21(23)16-4-2-15(3-5-16)17-10-11-27-14-17/h2-11,14,20H,12-13H2,1H3. The van der Waals surface area contributed by atoms with Crippen molar-refractivity contribution in [1.82, 2.24) is 4.90 Å². The van der Waals surface area contributed by atoms with Gasteiger partial charge >= 0.3 is 0 Å². The van der Waals surface area contributed by atoms with Crippen LogP contribution in [0.3, 0.4) is 0 Å². The minimum absolute atomic E-state index is 0.141. The summed E-state index contributed by atoms with van der Waals surface area (Å²) >= 11 is 1.63. The number of nitrogens with zero attached hydrogens (tertiary/aromatic N) is 1. The van der Waals surface area contributed by atoms with Crippen LogP contribution in [0.5, 0.6) is 5.75 Å². The van der Waals surface area contributed by atoms with E-state index in [1.165, 1.54) is 7.11 Å². The van der Waals surface area contributed by atoms with Crippen LogP contribution in [0.1, 0.15) is 10.4 Å². The number of carbonyl (C=O) groups is 1. The highest BCUT2D eigenvalue weighted by Gasteiger charge is 2.40. The number of amides is 1. The normalized spacial score (nSPS) is 14.5. The van der Waals surface area contributed by atoms with E-state index in [9.17, 15) is 13.2 Å². The van der Waals surface area contributed by atoms with Crippen LogP contribution in [0.2, 0.25) is 0 Å². The van der Waals surface area contributed by atoms with E-state index in [2.05, 4.69) is 5.38 Å². The number of thiophene rings is 1. The lowest BCUT2D eigenvalue weighted by Gasteiger charge is -2.38. The van der Waals surface area contributed by atoms with Crippen molar-refractivity contribution in [2.24, 2.45) is 0 Å². The lowest BCUT2D eigenvalue weighted by molar-refractivity contribution is 0.0659. The molecule has 2 heterocycles. The molecule has 28 heavy (non-hydrogen) atoms. The van der Waals surface area contributed by atoms with E-state index in [4.69, 9.17) is 4.74 Å². The molecule has 2 aromatic carbocycles. The van der Waals surface area contributed by atoms with Crippen molar-refractivity contribution in [1.29, 1.82) is 0 Å². The van der Waals surface area contributed by atoms with E-state index >= 15 is 0 Å². The summed E-state index contributed by atoms with van der Waals surface area (Å²) in [5.41, 5.74) is 2.75. The first-order valence-corrected chi connectivity index (χ1v) is 11.3. The molecule has 1 aliphatic heterocycles. The highest BCUT2D eigenvalue weighted by Crippen LogP contribution is 2.27. The molecule has 1 saturated heterocycles. The molecule has 5 nitrogen and oxygen atoms in total. The van der Waals surface area contributed by atoms with Gasteiger partial charge in [-0.2, -0.15) is 11.3 Å². The summed E-state index contributed by atoms with van der Waals surface area (Å²) in [5.74, 6) is 0.466. The largest absolute Gasteiger partial charge is 0.497 e. The van der Waals surface area contributed by atoms with Crippen molar-refractivity contribution < 1.29 is 17.9 Å². The van der Waals surface area contributed by atoms with Gasteiger partial charge in [-0.05, 0) is 64.4 Å². The predicted molar refractivity (Wildman–Crippen MR) is 110 cm³/mol. The molecule has 0 N–H and O–H groups in total. The summed E-state index contributed by atoms with van der Waals surface area (Å²) in [4.78, 5) is 14.5. The van der Waals surface area contributed by atoms with Crippen LogP contribution in [-0.2, 0) is 9.84 Å². The summed E-state index contributed by atoms with van der Waals surface area (Å²) in [7, 11) is -1.93. The Bertz CT molecular complexity index is 1070. The number of ether oxygens (including phenoxy) is 1. The van der Waals surface area contributed by atoms with Crippen molar-refractivity contribution in [2.45, 2.75) is 10.1 Å². The number of sulfone groups is 1. The molecular formula is C21H19NO4S2. The lowest BCUT2D eigenvalue weighted by atomic mass is 10.1. The van der Waals surface area contributed by atoms with Crippen LogP contribution in [-0.4, -0.2) is 44.7 Å². The monoisotopic (exact) mass is 413 g/mol. The van der Waals surface area contributed by atoms with Gasteiger partial charge in [-0.1, -0.05) is 12.1 Å². The molecule has 144 valence electrons. The van der Waals surface area contributed by atoms with Gasteiger partial charge in [-0.15, -0.1) is 0 Å². The SMILES string of the molecule is COc1ccc(S(=O)(=O)C2CN(C(=O)c3ccc(-c4ccsc4)cc3)C2)cc1. The van der Waals surface area contributed by atoms with Gasteiger partial charge in [0.15, 0.2) is 9.84 Å². The van der Waals surface area contributed by atoms with E-state index < -0.39 is 15.1 Å². The van der Waals surface area contributed by atoms with Gasteiger partial charge < -0.3 is 9.64 Å². The first kappa shape index (κ1) is 18.7. The molecule has 0 radical (unpaired) electrons. The quantitative estimate of drug-likeness (QED) is 0.640. The molecule has 1 aromatic heterocycles. The van der Waals surface area contributed by atoms with Crippen LogP contribution >= 0.6 is 11.3 Å². The average molecular weight is 414 g/mol. The van der Waals surface area contributed by atoms with Crippen molar-refractivity contribution in [3.63, 3.8) is 0 Å². The van der Waals surface area contributed by atoms with Gasteiger partial charge in [-0.3, -0.25) is 4.79 Å². The number of benzene rings is 2. The molecule has 0 aliphatic carbocycles. The van der Waals surface area contributed by atoms with Gasteiger partial charge in [0, 0.05) is 18.7 Å². The molecular weight excluding hydrogens is 394 g/mol. The maximum atomic E-state index is 12.7. The van der Waals surface area contributed by atoms with Crippen LogP contribution in [0, 0.1) is 0 Å². The Morgan fingerprint density at radius 3 is 2.25 bits per heavy atom. The van der Waals surface area contributed by atoms with Crippen LogP contribution in [0.15, 0.2) is 70.3 Å². The van der Waals surface area contributed by atoms with Crippen LogP contribution < -0.4 is 4.74 Å². The van der Waals surface area contributed by atoms with Gasteiger partial charge in [0.1, 0.15) is 11.0 Å². The maximum absolute atomic E-state index is 12.7. The van der Waals surface area contributed by atoms with E-state index in [-0.39, 0.29) is 23.9 Å². The van der Waals surface area contributed by atoms with E-state index in [1.807, 2.05) is 23.6 Å². The zero-order valence-electron chi connectivity index (χ0n) is 15.2. The van der Waals surface area contributed by atoms with E-state index in [0.29, 0.717) is 11.3 Å². The number of hydrogen-bond donors (Lipinski definition) is 0. The van der Waals surface area contributed by atoms with Crippen molar-refractivity contribution in [2.75, 3.05) is 20.2 Å². The summed E-state index contributed by atoms with van der Waals surface area (Å²) in [6.45, 7) is 0.416. The minimum Gasteiger partial charge on any atom is -0.497 e. The first-order valence-electron chi connectivity index (χ1n) is 8.79. The van der Waals surface area contributed by atoms with Crippen molar-refractivity contribution in [3.05, 3.63) is 70.9 Å². The highest BCUT2D eigenvalue weighted by molar-refractivity contribution is 7.92. The average Bonchev–Trinajstić information content (AvgIpc) is 3.21. The third kappa shape index (κ3) is 3.43. The number of carbonyl (C=O) groups excluding carboxylic acids is 1. The van der Waals surface area contributed by atoms with Gasteiger partial charge in [0.25, 0.3) is 5.91 Å². The fourth-order valence-corrected chi connectivity index (χ4v) is 5.49. The molecule has 4 rings (SSSR count). The summed E-state index contributed by atoms with van der Waals surface area (Å²) < 4.78 is 30.5.